The second-order valence-electron chi connectivity index (χ2n) is 5.38. The van der Waals surface area contributed by atoms with Crippen molar-refractivity contribution in [3.8, 4) is 0 Å². The Hall–Kier alpha value is -0.890. The van der Waals surface area contributed by atoms with Crippen LogP contribution in [0.25, 0.3) is 0 Å². The molecule has 6 nitrogen and oxygen atoms in total. The monoisotopic (exact) mass is 300 g/mol. The third-order valence-electron chi connectivity index (χ3n) is 3.89. The minimum atomic E-state index is -3.43. The Morgan fingerprint density at radius 2 is 2.10 bits per heavy atom. The second-order valence-corrected chi connectivity index (χ2v) is 7.27. The summed E-state index contributed by atoms with van der Waals surface area (Å²) >= 11 is 0. The Morgan fingerprint density at radius 1 is 1.40 bits per heavy atom. The van der Waals surface area contributed by atoms with Crippen molar-refractivity contribution < 1.29 is 8.42 Å². The molecule has 0 spiro atoms. The Kier molecular flexibility index (Phi) is 4.53. The maximum Gasteiger partial charge on any atom is 0.244 e. The van der Waals surface area contributed by atoms with Gasteiger partial charge in [-0.05, 0) is 27.0 Å². The summed E-state index contributed by atoms with van der Waals surface area (Å²) in [5.74, 6) is 0. The number of piperazine rings is 1. The normalized spacial score (nSPS) is 22.3. The SMILES string of the molecule is CCn1cc(S(=O)(=O)N2CCN(C)CC2C)cc1CN. The molecule has 1 aromatic rings. The van der Waals surface area contributed by atoms with Crippen LogP contribution in [0.5, 0.6) is 0 Å². The van der Waals surface area contributed by atoms with Gasteiger partial charge in [0.15, 0.2) is 0 Å². The van der Waals surface area contributed by atoms with E-state index >= 15 is 0 Å². The van der Waals surface area contributed by atoms with Gasteiger partial charge >= 0.3 is 0 Å². The molecule has 1 aliphatic heterocycles. The highest BCUT2D eigenvalue weighted by Crippen LogP contribution is 2.23. The van der Waals surface area contributed by atoms with Gasteiger partial charge in [0.25, 0.3) is 0 Å². The third-order valence-corrected chi connectivity index (χ3v) is 5.87. The maximum absolute atomic E-state index is 12.8. The molecule has 1 atom stereocenters. The van der Waals surface area contributed by atoms with Crippen LogP contribution in [0.3, 0.4) is 0 Å². The fraction of sp³-hybridized carbons (Fsp3) is 0.692. The first kappa shape index (κ1) is 15.5. The van der Waals surface area contributed by atoms with Gasteiger partial charge in [-0.1, -0.05) is 0 Å². The molecule has 7 heteroatoms. The quantitative estimate of drug-likeness (QED) is 0.867. The Morgan fingerprint density at radius 3 is 2.60 bits per heavy atom. The van der Waals surface area contributed by atoms with Crippen molar-refractivity contribution in [2.45, 2.75) is 37.9 Å². The Labute approximate surface area is 121 Å². The van der Waals surface area contributed by atoms with E-state index in [1.54, 1.807) is 16.6 Å². The molecule has 1 aliphatic rings. The van der Waals surface area contributed by atoms with Gasteiger partial charge in [0, 0.05) is 50.7 Å². The summed E-state index contributed by atoms with van der Waals surface area (Å²) in [6.45, 7) is 7.07. The summed E-state index contributed by atoms with van der Waals surface area (Å²) in [4.78, 5) is 2.51. The van der Waals surface area contributed by atoms with Crippen molar-refractivity contribution in [1.29, 1.82) is 0 Å². The largest absolute Gasteiger partial charge is 0.349 e. The fourth-order valence-electron chi connectivity index (χ4n) is 2.75. The van der Waals surface area contributed by atoms with Crippen LogP contribution >= 0.6 is 0 Å². The average Bonchev–Trinajstić information content (AvgIpc) is 2.82. The van der Waals surface area contributed by atoms with Crippen LogP contribution in [0.4, 0.5) is 0 Å². The zero-order valence-corrected chi connectivity index (χ0v) is 13.2. The highest BCUT2D eigenvalue weighted by atomic mass is 32.2. The topological polar surface area (TPSA) is 71.6 Å². The smallest absolute Gasteiger partial charge is 0.244 e. The van der Waals surface area contributed by atoms with Crippen molar-refractivity contribution in [1.82, 2.24) is 13.8 Å². The first-order valence-corrected chi connectivity index (χ1v) is 8.43. The molecule has 0 saturated carbocycles. The average molecular weight is 300 g/mol. The molecule has 1 aromatic heterocycles. The summed E-state index contributed by atoms with van der Waals surface area (Å²) < 4.78 is 29.0. The molecule has 0 aromatic carbocycles. The van der Waals surface area contributed by atoms with E-state index in [4.69, 9.17) is 5.73 Å². The molecule has 114 valence electrons. The molecule has 2 rings (SSSR count). The van der Waals surface area contributed by atoms with E-state index in [1.807, 2.05) is 25.5 Å². The van der Waals surface area contributed by atoms with E-state index in [9.17, 15) is 8.42 Å². The van der Waals surface area contributed by atoms with Crippen LogP contribution < -0.4 is 5.73 Å². The number of likely N-dealkylation sites (N-methyl/N-ethyl adjacent to an activating group) is 1. The van der Waals surface area contributed by atoms with E-state index in [-0.39, 0.29) is 6.04 Å². The number of nitrogens with zero attached hydrogens (tertiary/aromatic N) is 3. The number of rotatable bonds is 4. The molecule has 2 N–H and O–H groups in total. The summed E-state index contributed by atoms with van der Waals surface area (Å²) in [5, 5.41) is 0. The summed E-state index contributed by atoms with van der Waals surface area (Å²) in [6, 6.07) is 1.69. The lowest BCUT2D eigenvalue weighted by atomic mass is 10.2. The van der Waals surface area contributed by atoms with Crippen LogP contribution in [0.1, 0.15) is 19.5 Å². The van der Waals surface area contributed by atoms with Crippen LogP contribution in [-0.2, 0) is 23.1 Å². The first-order chi connectivity index (χ1) is 9.40. The van der Waals surface area contributed by atoms with Crippen molar-refractivity contribution in [2.75, 3.05) is 26.7 Å². The Balaban J connectivity index is 2.32. The first-order valence-electron chi connectivity index (χ1n) is 6.99. The van der Waals surface area contributed by atoms with E-state index in [1.165, 1.54) is 0 Å². The molecule has 0 bridgehead atoms. The lowest BCUT2D eigenvalue weighted by Crippen LogP contribution is -2.52. The summed E-state index contributed by atoms with van der Waals surface area (Å²) in [5.41, 5.74) is 6.53. The number of sulfonamides is 1. The minimum absolute atomic E-state index is 0.00921. The number of aryl methyl sites for hydroxylation is 1. The molecule has 0 aliphatic carbocycles. The third kappa shape index (κ3) is 2.76. The molecule has 20 heavy (non-hydrogen) atoms. The van der Waals surface area contributed by atoms with Crippen molar-refractivity contribution >= 4 is 10.0 Å². The predicted octanol–water partition coefficient (Wildman–Crippen LogP) is 0.291. The van der Waals surface area contributed by atoms with E-state index in [0.29, 0.717) is 18.0 Å². The molecule has 0 radical (unpaired) electrons. The van der Waals surface area contributed by atoms with Crippen molar-refractivity contribution in [3.05, 3.63) is 18.0 Å². The van der Waals surface area contributed by atoms with Gasteiger partial charge in [-0.2, -0.15) is 4.31 Å². The van der Waals surface area contributed by atoms with Gasteiger partial charge in [-0.25, -0.2) is 8.42 Å². The molecular formula is C13H24N4O2S. The van der Waals surface area contributed by atoms with Gasteiger partial charge in [-0.15, -0.1) is 0 Å². The van der Waals surface area contributed by atoms with Crippen LogP contribution in [-0.4, -0.2) is 54.9 Å². The highest BCUT2D eigenvalue weighted by Gasteiger charge is 2.33. The van der Waals surface area contributed by atoms with Gasteiger partial charge in [-0.3, -0.25) is 0 Å². The van der Waals surface area contributed by atoms with Gasteiger partial charge < -0.3 is 15.2 Å². The maximum atomic E-state index is 12.8. The van der Waals surface area contributed by atoms with E-state index < -0.39 is 10.0 Å². The van der Waals surface area contributed by atoms with Crippen molar-refractivity contribution in [2.24, 2.45) is 5.73 Å². The lowest BCUT2D eigenvalue weighted by Gasteiger charge is -2.36. The number of hydrogen-bond donors (Lipinski definition) is 1. The zero-order valence-electron chi connectivity index (χ0n) is 12.4. The molecular weight excluding hydrogens is 276 g/mol. The van der Waals surface area contributed by atoms with Crippen LogP contribution in [0, 0.1) is 0 Å². The minimum Gasteiger partial charge on any atom is -0.349 e. The second kappa shape index (κ2) is 5.85. The summed E-state index contributed by atoms with van der Waals surface area (Å²) in [6.07, 6.45) is 1.70. The highest BCUT2D eigenvalue weighted by molar-refractivity contribution is 7.89. The molecule has 1 saturated heterocycles. The van der Waals surface area contributed by atoms with Gasteiger partial charge in [0.1, 0.15) is 4.90 Å². The van der Waals surface area contributed by atoms with Gasteiger partial charge in [0.05, 0.1) is 0 Å². The fourth-order valence-corrected chi connectivity index (χ4v) is 4.43. The van der Waals surface area contributed by atoms with E-state index in [2.05, 4.69) is 4.90 Å². The Bertz CT molecular complexity index is 545. The zero-order chi connectivity index (χ0) is 14.9. The van der Waals surface area contributed by atoms with Crippen molar-refractivity contribution in [3.63, 3.8) is 0 Å². The van der Waals surface area contributed by atoms with Crippen LogP contribution in [0.15, 0.2) is 17.2 Å². The predicted molar refractivity (Wildman–Crippen MR) is 78.8 cm³/mol. The summed E-state index contributed by atoms with van der Waals surface area (Å²) in [7, 11) is -1.41. The van der Waals surface area contributed by atoms with Gasteiger partial charge in [0.2, 0.25) is 10.0 Å². The molecule has 1 fully saturated rings. The number of hydrogen-bond acceptors (Lipinski definition) is 4. The van der Waals surface area contributed by atoms with Crippen LogP contribution in [0.2, 0.25) is 0 Å². The number of nitrogens with two attached hydrogens (primary N) is 1. The van der Waals surface area contributed by atoms with E-state index in [0.717, 1.165) is 25.3 Å². The molecule has 2 heterocycles. The number of aromatic nitrogens is 1. The lowest BCUT2D eigenvalue weighted by molar-refractivity contribution is 0.170. The molecule has 1 unspecified atom stereocenters. The molecule has 0 amide bonds. The standard InChI is InChI=1S/C13H24N4O2S/c1-4-16-10-13(7-12(16)8-14)20(18,19)17-6-5-15(3)9-11(17)2/h7,10-11H,4-6,8-9,14H2,1-3H3.